The highest BCUT2D eigenvalue weighted by molar-refractivity contribution is 5.71. The molecule has 0 spiro atoms. The first-order valence-electron chi connectivity index (χ1n) is 26.9. The van der Waals surface area contributed by atoms with Crippen LogP contribution in [0, 0.1) is 0 Å². The summed E-state index contributed by atoms with van der Waals surface area (Å²) >= 11 is 0. The Hall–Kier alpha value is -3.93. The maximum Gasteiger partial charge on any atom is 0.306 e. The Morgan fingerprint density at radius 2 is 0.606 bits per heavy atom. The van der Waals surface area contributed by atoms with Gasteiger partial charge in [0.1, 0.15) is 13.2 Å². The van der Waals surface area contributed by atoms with Crippen LogP contribution >= 0.6 is 0 Å². The fourth-order valence-corrected chi connectivity index (χ4v) is 6.93. The van der Waals surface area contributed by atoms with Crippen molar-refractivity contribution in [2.45, 2.75) is 239 Å². The highest BCUT2D eigenvalue weighted by atomic mass is 16.6. The van der Waals surface area contributed by atoms with E-state index < -0.39 is 6.10 Å². The summed E-state index contributed by atoms with van der Waals surface area (Å²) in [5.74, 6) is -0.967. The van der Waals surface area contributed by atoms with Crippen molar-refractivity contribution in [3.8, 4) is 0 Å². The third-order valence-electron chi connectivity index (χ3n) is 11.0. The van der Waals surface area contributed by atoms with E-state index in [1.54, 1.807) is 0 Å². The van der Waals surface area contributed by atoms with Gasteiger partial charge in [-0.25, -0.2) is 0 Å². The topological polar surface area (TPSA) is 78.9 Å². The van der Waals surface area contributed by atoms with E-state index in [-0.39, 0.29) is 31.1 Å². The summed E-state index contributed by atoms with van der Waals surface area (Å²) in [5.41, 5.74) is 0. The van der Waals surface area contributed by atoms with Crippen molar-refractivity contribution in [1.29, 1.82) is 0 Å². The molecule has 0 heterocycles. The Kier molecular flexibility index (Phi) is 50.5. The number of esters is 3. The standard InChI is InChI=1S/C60H98O6/c1-4-7-10-13-16-19-22-25-28-29-30-31-33-35-38-41-44-47-50-53-59(62)65-56-57(55-64-58(61)52-49-46-43-40-37-34-27-24-21-18-15-12-9-6-3)66-60(63)54-51-48-45-42-39-36-32-26-23-20-17-14-11-8-5-2/h7,10,15-20,24-28,30-32,35,38,57H,4-6,8-9,11-14,21-23,29,33-34,36-37,39-56H2,1-3H3/b10-7-,18-15-,19-16-,20-17-,27-24-,28-25-,31-30-,32-26-,38-35-. The molecule has 0 radical (unpaired) electrons. The Bertz CT molecular complexity index is 1370. The zero-order valence-electron chi connectivity index (χ0n) is 42.7. The third-order valence-corrected chi connectivity index (χ3v) is 11.0. The van der Waals surface area contributed by atoms with Crippen molar-refractivity contribution in [3.63, 3.8) is 0 Å². The molecule has 6 heteroatoms. The van der Waals surface area contributed by atoms with Crippen LogP contribution in [0.15, 0.2) is 109 Å². The van der Waals surface area contributed by atoms with Crippen LogP contribution in [0.4, 0.5) is 0 Å². The minimum atomic E-state index is -0.807. The van der Waals surface area contributed by atoms with Crippen LogP contribution in [0.3, 0.4) is 0 Å². The van der Waals surface area contributed by atoms with Gasteiger partial charge in [0, 0.05) is 19.3 Å². The lowest BCUT2D eigenvalue weighted by atomic mass is 10.1. The molecule has 0 saturated heterocycles. The monoisotopic (exact) mass is 915 g/mol. The maximum absolute atomic E-state index is 12.8. The second kappa shape index (κ2) is 53.7. The number of carbonyl (C=O) groups is 3. The van der Waals surface area contributed by atoms with Gasteiger partial charge in [0.2, 0.25) is 0 Å². The molecule has 0 aliphatic rings. The first-order chi connectivity index (χ1) is 32.5. The third kappa shape index (κ3) is 51.1. The zero-order valence-corrected chi connectivity index (χ0v) is 42.7. The Morgan fingerprint density at radius 3 is 0.985 bits per heavy atom. The Labute approximate surface area is 406 Å². The van der Waals surface area contributed by atoms with Crippen molar-refractivity contribution in [1.82, 2.24) is 0 Å². The summed E-state index contributed by atoms with van der Waals surface area (Å²) in [6.45, 7) is 6.40. The highest BCUT2D eigenvalue weighted by Crippen LogP contribution is 2.13. The fraction of sp³-hybridized carbons (Fsp3) is 0.650. The minimum absolute atomic E-state index is 0.104. The Balaban J connectivity index is 4.50. The molecule has 0 aromatic heterocycles. The lowest BCUT2D eigenvalue weighted by Crippen LogP contribution is -2.30. The van der Waals surface area contributed by atoms with Crippen molar-refractivity contribution in [2.24, 2.45) is 0 Å². The second-order valence-electron chi connectivity index (χ2n) is 17.4. The molecule has 0 N–H and O–H groups in total. The van der Waals surface area contributed by atoms with Gasteiger partial charge in [0.25, 0.3) is 0 Å². The summed E-state index contributed by atoms with van der Waals surface area (Å²) in [5, 5.41) is 0. The van der Waals surface area contributed by atoms with E-state index in [0.717, 1.165) is 148 Å². The number of unbranched alkanes of at least 4 members (excludes halogenated alkanes) is 18. The van der Waals surface area contributed by atoms with Gasteiger partial charge < -0.3 is 14.2 Å². The van der Waals surface area contributed by atoms with E-state index in [1.165, 1.54) is 44.9 Å². The van der Waals surface area contributed by atoms with Gasteiger partial charge in [-0.3, -0.25) is 14.4 Å². The number of carbonyl (C=O) groups excluding carboxylic acids is 3. The van der Waals surface area contributed by atoms with Crippen LogP contribution in [0.25, 0.3) is 0 Å². The summed E-state index contributed by atoms with van der Waals surface area (Å²) in [7, 11) is 0. The van der Waals surface area contributed by atoms with E-state index >= 15 is 0 Å². The normalized spacial score (nSPS) is 13.0. The SMILES string of the molecule is CC/C=C\C/C=C\C/C=C\C/C=C\C/C=C\CCCCCC(=O)OCC(COC(=O)CCCCCCC/C=C\C/C=C\CCCC)OC(=O)CCCCCCC/C=C\C/C=C\CCCCC. The van der Waals surface area contributed by atoms with E-state index in [1.807, 2.05) is 0 Å². The molecule has 0 aromatic rings. The van der Waals surface area contributed by atoms with Gasteiger partial charge in [0.05, 0.1) is 0 Å². The van der Waals surface area contributed by atoms with Crippen LogP contribution < -0.4 is 0 Å². The van der Waals surface area contributed by atoms with Crippen molar-refractivity contribution in [3.05, 3.63) is 109 Å². The molecule has 0 bridgehead atoms. The first kappa shape index (κ1) is 62.1. The van der Waals surface area contributed by atoms with E-state index in [9.17, 15) is 14.4 Å². The first-order valence-corrected chi connectivity index (χ1v) is 26.9. The molecular weight excluding hydrogens is 817 g/mol. The molecule has 0 saturated carbocycles. The molecular formula is C60H98O6. The number of rotatable bonds is 47. The summed E-state index contributed by atoms with van der Waals surface area (Å²) in [4.78, 5) is 38.1. The minimum Gasteiger partial charge on any atom is -0.462 e. The predicted octanol–water partition coefficient (Wildman–Crippen LogP) is 17.9. The lowest BCUT2D eigenvalue weighted by molar-refractivity contribution is -0.167. The summed E-state index contributed by atoms with van der Waals surface area (Å²) in [6, 6.07) is 0. The molecule has 66 heavy (non-hydrogen) atoms. The molecule has 0 fully saturated rings. The van der Waals surface area contributed by atoms with E-state index in [4.69, 9.17) is 14.2 Å². The average Bonchev–Trinajstić information content (AvgIpc) is 3.31. The van der Waals surface area contributed by atoms with Gasteiger partial charge in [-0.1, -0.05) is 201 Å². The van der Waals surface area contributed by atoms with Crippen molar-refractivity contribution < 1.29 is 28.6 Å². The van der Waals surface area contributed by atoms with E-state index in [2.05, 4.69) is 130 Å². The van der Waals surface area contributed by atoms with Crippen LogP contribution in [0.5, 0.6) is 0 Å². The maximum atomic E-state index is 12.8. The van der Waals surface area contributed by atoms with Gasteiger partial charge in [-0.2, -0.15) is 0 Å². The number of hydrogen-bond donors (Lipinski definition) is 0. The van der Waals surface area contributed by atoms with Crippen LogP contribution in [0.1, 0.15) is 233 Å². The molecule has 1 atom stereocenters. The van der Waals surface area contributed by atoms with Gasteiger partial charge in [0.15, 0.2) is 6.10 Å². The molecule has 374 valence electrons. The average molecular weight is 915 g/mol. The van der Waals surface area contributed by atoms with Gasteiger partial charge in [-0.05, 0) is 122 Å². The van der Waals surface area contributed by atoms with Gasteiger partial charge in [-0.15, -0.1) is 0 Å². The van der Waals surface area contributed by atoms with Crippen LogP contribution in [0.2, 0.25) is 0 Å². The summed E-state index contributed by atoms with van der Waals surface area (Å²) < 4.78 is 16.8. The smallest absolute Gasteiger partial charge is 0.306 e. The molecule has 1 unspecified atom stereocenters. The van der Waals surface area contributed by atoms with Crippen LogP contribution in [-0.4, -0.2) is 37.2 Å². The molecule has 0 aromatic carbocycles. The predicted molar refractivity (Wildman–Crippen MR) is 283 cm³/mol. The van der Waals surface area contributed by atoms with Crippen LogP contribution in [-0.2, 0) is 28.6 Å². The molecule has 0 rings (SSSR count). The Morgan fingerprint density at radius 1 is 0.318 bits per heavy atom. The van der Waals surface area contributed by atoms with Crippen molar-refractivity contribution in [2.75, 3.05) is 13.2 Å². The number of allylic oxidation sites excluding steroid dienone is 18. The molecule has 0 aliphatic carbocycles. The van der Waals surface area contributed by atoms with Crippen molar-refractivity contribution >= 4 is 17.9 Å². The molecule has 6 nitrogen and oxygen atoms in total. The second-order valence-corrected chi connectivity index (χ2v) is 17.4. The molecule has 0 aliphatic heterocycles. The number of hydrogen-bond acceptors (Lipinski definition) is 6. The quantitative estimate of drug-likeness (QED) is 0.0262. The highest BCUT2D eigenvalue weighted by Gasteiger charge is 2.19. The largest absolute Gasteiger partial charge is 0.462 e. The lowest BCUT2D eigenvalue weighted by Gasteiger charge is -2.18. The summed E-state index contributed by atoms with van der Waals surface area (Å²) in [6.07, 6.45) is 72.1. The fourth-order valence-electron chi connectivity index (χ4n) is 6.93. The number of ether oxygens (including phenoxy) is 3. The molecule has 0 amide bonds. The zero-order chi connectivity index (χ0) is 47.9. The van der Waals surface area contributed by atoms with Gasteiger partial charge >= 0.3 is 17.9 Å². The van der Waals surface area contributed by atoms with E-state index in [0.29, 0.717) is 19.3 Å².